The van der Waals surface area contributed by atoms with Crippen molar-refractivity contribution in [1.82, 2.24) is 4.90 Å². The lowest BCUT2D eigenvalue weighted by molar-refractivity contribution is -0.892. The normalized spacial score (nSPS) is 16.0. The molecule has 2 aromatic carbocycles. The van der Waals surface area contributed by atoms with Crippen LogP contribution in [0.5, 0.6) is 11.5 Å². The predicted molar refractivity (Wildman–Crippen MR) is 117 cm³/mol. The Labute approximate surface area is 179 Å². The first-order chi connectivity index (χ1) is 14.5. The van der Waals surface area contributed by atoms with Gasteiger partial charge in [0.15, 0.2) is 18.0 Å². The Morgan fingerprint density at radius 2 is 1.87 bits per heavy atom. The molecule has 0 aromatic heterocycles. The summed E-state index contributed by atoms with van der Waals surface area (Å²) in [5, 5.41) is 0. The maximum Gasteiger partial charge on any atom is 0.278 e. The molecule has 2 aromatic rings. The molecule has 2 aliphatic rings. The largest absolute Gasteiger partial charge is 0.454 e. The number of nitrogens with one attached hydrogen (secondary N) is 1. The van der Waals surface area contributed by atoms with E-state index in [0.29, 0.717) is 19.6 Å². The van der Waals surface area contributed by atoms with Crippen LogP contribution in [0.1, 0.15) is 23.6 Å². The van der Waals surface area contributed by atoms with E-state index in [0.717, 1.165) is 43.2 Å². The zero-order valence-corrected chi connectivity index (χ0v) is 18.2. The van der Waals surface area contributed by atoms with Gasteiger partial charge >= 0.3 is 0 Å². The highest BCUT2D eigenvalue weighted by atomic mass is 16.7. The van der Waals surface area contributed by atoms with Crippen LogP contribution in [0.2, 0.25) is 0 Å². The van der Waals surface area contributed by atoms with E-state index in [1.165, 1.54) is 21.7 Å². The molecule has 1 amide bonds. The predicted octanol–water partition coefficient (Wildman–Crippen LogP) is 1.79. The van der Waals surface area contributed by atoms with Gasteiger partial charge in [-0.05, 0) is 55.7 Å². The van der Waals surface area contributed by atoms with Crippen molar-refractivity contribution < 1.29 is 19.2 Å². The topological polar surface area (TPSA) is 46.5 Å². The number of aryl methyl sites for hydroxylation is 1. The van der Waals surface area contributed by atoms with Crippen LogP contribution in [0.3, 0.4) is 0 Å². The van der Waals surface area contributed by atoms with Gasteiger partial charge in [-0.1, -0.05) is 18.2 Å². The maximum atomic E-state index is 13.0. The number of quaternary nitrogens is 1. The molecule has 0 spiro atoms. The average Bonchev–Trinajstić information content (AvgIpc) is 3.22. The summed E-state index contributed by atoms with van der Waals surface area (Å²) in [5.41, 5.74) is 5.10. The Balaban J connectivity index is 1.31. The first-order valence-corrected chi connectivity index (χ1v) is 10.9. The second kappa shape index (κ2) is 8.96. The van der Waals surface area contributed by atoms with Gasteiger partial charge in [-0.25, -0.2) is 0 Å². The quantitative estimate of drug-likeness (QED) is 0.789. The number of benzene rings is 2. The number of hydrogen-bond donors (Lipinski definition) is 1. The van der Waals surface area contributed by atoms with Gasteiger partial charge in [0.1, 0.15) is 0 Å². The lowest BCUT2D eigenvalue weighted by atomic mass is 10.1. The molecule has 0 saturated carbocycles. The Morgan fingerprint density at radius 1 is 1.10 bits per heavy atom. The minimum atomic E-state index is 0.213. The summed E-state index contributed by atoms with van der Waals surface area (Å²) in [4.78, 5) is 18.7. The molecule has 0 atom stereocenters. The number of anilines is 1. The molecule has 4 rings (SSSR count). The van der Waals surface area contributed by atoms with Crippen molar-refractivity contribution in [3.63, 3.8) is 0 Å². The molecule has 2 heterocycles. The van der Waals surface area contributed by atoms with Gasteiger partial charge in [0.25, 0.3) is 5.91 Å². The molecule has 0 unspecified atom stereocenters. The second-order valence-corrected chi connectivity index (χ2v) is 8.23. The van der Waals surface area contributed by atoms with Crippen molar-refractivity contribution in [3.8, 4) is 11.5 Å². The summed E-state index contributed by atoms with van der Waals surface area (Å²) in [7, 11) is 0. The van der Waals surface area contributed by atoms with Gasteiger partial charge in [0.2, 0.25) is 6.79 Å². The average molecular weight is 411 g/mol. The zero-order chi connectivity index (χ0) is 21.1. The molecule has 6 heteroatoms. The Morgan fingerprint density at radius 3 is 2.63 bits per heavy atom. The van der Waals surface area contributed by atoms with Crippen LogP contribution in [0, 0.1) is 13.8 Å². The van der Waals surface area contributed by atoms with E-state index in [1.54, 1.807) is 0 Å². The van der Waals surface area contributed by atoms with Crippen molar-refractivity contribution in [2.75, 3.05) is 51.0 Å². The van der Waals surface area contributed by atoms with E-state index in [-0.39, 0.29) is 12.7 Å². The summed E-state index contributed by atoms with van der Waals surface area (Å²) in [6.07, 6.45) is 0. The van der Waals surface area contributed by atoms with Crippen LogP contribution in [0.25, 0.3) is 0 Å². The number of carbonyl (C=O) groups excluding carboxylic acids is 1. The molecule has 160 valence electrons. The molecule has 1 saturated heterocycles. The molecule has 6 nitrogen and oxygen atoms in total. The van der Waals surface area contributed by atoms with Crippen molar-refractivity contribution in [2.45, 2.75) is 27.3 Å². The molecular formula is C24H32N3O3+. The van der Waals surface area contributed by atoms with Gasteiger partial charge in [-0.3, -0.25) is 4.79 Å². The highest BCUT2D eigenvalue weighted by Gasteiger charge is 2.25. The van der Waals surface area contributed by atoms with Gasteiger partial charge in [0, 0.05) is 18.8 Å². The van der Waals surface area contributed by atoms with E-state index < -0.39 is 0 Å². The van der Waals surface area contributed by atoms with E-state index in [9.17, 15) is 4.79 Å². The fraction of sp³-hybridized carbons (Fsp3) is 0.458. The van der Waals surface area contributed by atoms with E-state index in [1.807, 2.05) is 30.0 Å². The molecule has 0 radical (unpaired) electrons. The van der Waals surface area contributed by atoms with Crippen LogP contribution < -0.4 is 19.3 Å². The lowest BCUT2D eigenvalue weighted by Crippen LogP contribution is -3.15. The number of fused-ring (bicyclic) bond motifs is 1. The zero-order valence-electron chi connectivity index (χ0n) is 18.2. The highest BCUT2D eigenvalue weighted by molar-refractivity contribution is 5.77. The third-order valence-corrected chi connectivity index (χ3v) is 6.33. The van der Waals surface area contributed by atoms with Crippen molar-refractivity contribution in [1.29, 1.82) is 0 Å². The van der Waals surface area contributed by atoms with Gasteiger partial charge in [-0.2, -0.15) is 0 Å². The van der Waals surface area contributed by atoms with E-state index in [4.69, 9.17) is 9.47 Å². The smallest absolute Gasteiger partial charge is 0.278 e. The van der Waals surface area contributed by atoms with E-state index in [2.05, 4.69) is 36.9 Å². The first kappa shape index (κ1) is 20.5. The Kier molecular flexibility index (Phi) is 6.13. The third kappa shape index (κ3) is 4.38. The van der Waals surface area contributed by atoms with Crippen molar-refractivity contribution >= 4 is 11.6 Å². The SMILES string of the molecule is CCN(Cc1ccc2c(c1)OCO2)C(=O)C[NH+]1CCN(c2cccc(C)c2C)CC1. The summed E-state index contributed by atoms with van der Waals surface area (Å²) >= 11 is 0. The van der Waals surface area contributed by atoms with Gasteiger partial charge < -0.3 is 24.2 Å². The van der Waals surface area contributed by atoms with Gasteiger partial charge in [-0.15, -0.1) is 0 Å². The lowest BCUT2D eigenvalue weighted by Gasteiger charge is -2.35. The van der Waals surface area contributed by atoms with Crippen LogP contribution in [0.4, 0.5) is 5.69 Å². The molecule has 30 heavy (non-hydrogen) atoms. The van der Waals surface area contributed by atoms with Gasteiger partial charge in [0.05, 0.1) is 26.2 Å². The molecular weight excluding hydrogens is 378 g/mol. The monoisotopic (exact) mass is 410 g/mol. The first-order valence-electron chi connectivity index (χ1n) is 10.9. The Bertz CT molecular complexity index is 907. The highest BCUT2D eigenvalue weighted by Crippen LogP contribution is 2.32. The summed E-state index contributed by atoms with van der Waals surface area (Å²) < 4.78 is 10.8. The number of likely N-dealkylation sites (N-methyl/N-ethyl adjacent to an activating group) is 1. The number of rotatable bonds is 6. The van der Waals surface area contributed by atoms with Crippen LogP contribution in [-0.2, 0) is 11.3 Å². The van der Waals surface area contributed by atoms with Crippen molar-refractivity contribution in [3.05, 3.63) is 53.1 Å². The summed E-state index contributed by atoms with van der Waals surface area (Å²) in [5.74, 6) is 1.76. The Hall–Kier alpha value is -2.73. The maximum absolute atomic E-state index is 13.0. The number of carbonyl (C=O) groups is 1. The molecule has 0 aliphatic carbocycles. The van der Waals surface area contributed by atoms with Crippen LogP contribution >= 0.6 is 0 Å². The molecule has 2 aliphatic heterocycles. The standard InChI is InChI=1S/C24H31N3O3/c1-4-26(15-20-8-9-22-23(14-20)30-17-29-22)24(28)16-25-10-12-27(13-11-25)21-7-5-6-18(2)19(21)3/h5-9,14H,4,10-13,15-17H2,1-3H3/p+1. The summed E-state index contributed by atoms with van der Waals surface area (Å²) in [6.45, 7) is 12.5. The molecule has 1 fully saturated rings. The fourth-order valence-electron chi connectivity index (χ4n) is 4.28. The molecule has 1 N–H and O–H groups in total. The minimum absolute atomic E-state index is 0.213. The number of hydrogen-bond acceptors (Lipinski definition) is 4. The van der Waals surface area contributed by atoms with E-state index >= 15 is 0 Å². The second-order valence-electron chi connectivity index (χ2n) is 8.23. The number of ether oxygens (including phenoxy) is 2. The minimum Gasteiger partial charge on any atom is -0.454 e. The molecule has 0 bridgehead atoms. The van der Waals surface area contributed by atoms with Crippen molar-refractivity contribution in [2.24, 2.45) is 0 Å². The summed E-state index contributed by atoms with van der Waals surface area (Å²) in [6, 6.07) is 12.4. The number of piperazine rings is 1. The number of nitrogens with zero attached hydrogens (tertiary/aromatic N) is 2. The fourth-order valence-corrected chi connectivity index (χ4v) is 4.28. The number of amides is 1. The third-order valence-electron chi connectivity index (χ3n) is 6.33. The van der Waals surface area contributed by atoms with Crippen LogP contribution in [-0.4, -0.2) is 56.9 Å². The van der Waals surface area contributed by atoms with Crippen LogP contribution in [0.15, 0.2) is 36.4 Å².